The summed E-state index contributed by atoms with van der Waals surface area (Å²) in [6, 6.07) is 5.22. The molecule has 1 heterocycles. The van der Waals surface area contributed by atoms with Gasteiger partial charge in [-0.1, -0.05) is 17.7 Å². The highest BCUT2D eigenvalue weighted by molar-refractivity contribution is 6.33. The number of para-hydroxylation sites is 1. The first-order valence-corrected chi connectivity index (χ1v) is 6.48. The first-order valence-electron chi connectivity index (χ1n) is 6.10. The SMILES string of the molecule is O=[NH+]c1c(Cl)cccc1NCCN1CCNC(=O)C1. The molecule has 0 saturated carbocycles. The van der Waals surface area contributed by atoms with E-state index in [0.29, 0.717) is 36.0 Å². The van der Waals surface area contributed by atoms with Gasteiger partial charge in [0.05, 0.1) is 6.54 Å². The molecule has 102 valence electrons. The number of carbonyl (C=O) groups is 1. The van der Waals surface area contributed by atoms with Crippen molar-refractivity contribution >= 4 is 28.9 Å². The van der Waals surface area contributed by atoms with Gasteiger partial charge in [0, 0.05) is 36.3 Å². The maximum Gasteiger partial charge on any atom is 0.294 e. The molecule has 1 saturated heterocycles. The van der Waals surface area contributed by atoms with E-state index >= 15 is 0 Å². The molecule has 1 aromatic carbocycles. The third-order valence-corrected chi connectivity index (χ3v) is 3.29. The largest absolute Gasteiger partial charge is 0.378 e. The van der Waals surface area contributed by atoms with Crippen molar-refractivity contribution in [3.63, 3.8) is 0 Å². The van der Waals surface area contributed by atoms with E-state index in [-0.39, 0.29) is 5.91 Å². The predicted molar refractivity (Wildman–Crippen MR) is 73.4 cm³/mol. The molecule has 0 atom stereocenters. The van der Waals surface area contributed by atoms with Crippen LogP contribution in [0.3, 0.4) is 0 Å². The van der Waals surface area contributed by atoms with Crippen LogP contribution in [-0.2, 0) is 4.79 Å². The Morgan fingerprint density at radius 3 is 3.05 bits per heavy atom. The third kappa shape index (κ3) is 3.65. The summed E-state index contributed by atoms with van der Waals surface area (Å²) in [5.74, 6) is 0.0518. The van der Waals surface area contributed by atoms with Crippen molar-refractivity contribution in [3.05, 3.63) is 28.1 Å². The lowest BCUT2D eigenvalue weighted by molar-refractivity contribution is -0.378. The van der Waals surface area contributed by atoms with E-state index in [2.05, 4.69) is 15.5 Å². The van der Waals surface area contributed by atoms with E-state index in [1.54, 1.807) is 18.2 Å². The number of piperazine rings is 1. The molecule has 1 amide bonds. The molecule has 1 aromatic rings. The molecule has 1 fully saturated rings. The van der Waals surface area contributed by atoms with Crippen molar-refractivity contribution in [2.75, 3.05) is 38.0 Å². The number of benzene rings is 1. The lowest BCUT2D eigenvalue weighted by Gasteiger charge is -2.26. The summed E-state index contributed by atoms with van der Waals surface area (Å²) < 4.78 is 0. The number of amides is 1. The summed E-state index contributed by atoms with van der Waals surface area (Å²) in [5.41, 5.74) is 1.02. The first-order chi connectivity index (χ1) is 9.20. The molecule has 6 nitrogen and oxygen atoms in total. The van der Waals surface area contributed by atoms with E-state index in [9.17, 15) is 9.70 Å². The predicted octanol–water partition coefficient (Wildman–Crippen LogP) is -0.338. The number of hydrogen-bond acceptors (Lipinski definition) is 4. The van der Waals surface area contributed by atoms with Crippen molar-refractivity contribution in [3.8, 4) is 0 Å². The molecule has 1 aliphatic rings. The second kappa shape index (κ2) is 6.49. The molecular formula is C12H16ClN4O2+. The van der Waals surface area contributed by atoms with Crippen LogP contribution in [0.15, 0.2) is 18.2 Å². The maximum absolute atomic E-state index is 11.2. The van der Waals surface area contributed by atoms with Gasteiger partial charge in [-0.05, 0) is 12.1 Å². The van der Waals surface area contributed by atoms with Crippen LogP contribution >= 0.6 is 11.6 Å². The molecule has 19 heavy (non-hydrogen) atoms. The quantitative estimate of drug-likeness (QED) is 0.691. The van der Waals surface area contributed by atoms with Gasteiger partial charge in [0.1, 0.15) is 10.7 Å². The van der Waals surface area contributed by atoms with Crippen LogP contribution in [0, 0.1) is 4.91 Å². The minimum atomic E-state index is 0.0518. The van der Waals surface area contributed by atoms with Crippen molar-refractivity contribution < 1.29 is 9.97 Å². The van der Waals surface area contributed by atoms with E-state index in [1.165, 1.54) is 0 Å². The van der Waals surface area contributed by atoms with E-state index < -0.39 is 0 Å². The van der Waals surface area contributed by atoms with Crippen molar-refractivity contribution in [2.24, 2.45) is 0 Å². The minimum Gasteiger partial charge on any atom is -0.378 e. The van der Waals surface area contributed by atoms with E-state index in [4.69, 9.17) is 11.6 Å². The zero-order valence-electron chi connectivity index (χ0n) is 10.4. The van der Waals surface area contributed by atoms with Gasteiger partial charge in [-0.15, -0.1) is 0 Å². The highest BCUT2D eigenvalue weighted by Gasteiger charge is 2.16. The normalized spacial score (nSPS) is 15.9. The average molecular weight is 284 g/mol. The summed E-state index contributed by atoms with van der Waals surface area (Å²) in [6.45, 7) is 3.32. The lowest BCUT2D eigenvalue weighted by atomic mass is 10.2. The Morgan fingerprint density at radius 2 is 2.32 bits per heavy atom. The van der Waals surface area contributed by atoms with Crippen molar-refractivity contribution in [1.82, 2.24) is 10.2 Å². The number of halogens is 1. The molecule has 0 spiro atoms. The van der Waals surface area contributed by atoms with Gasteiger partial charge in [0.25, 0.3) is 5.69 Å². The zero-order chi connectivity index (χ0) is 13.7. The van der Waals surface area contributed by atoms with Gasteiger partial charge >= 0.3 is 0 Å². The van der Waals surface area contributed by atoms with Crippen LogP contribution in [0.1, 0.15) is 0 Å². The minimum absolute atomic E-state index is 0.0518. The number of carbonyl (C=O) groups excluding carboxylic acids is 1. The Hall–Kier alpha value is -1.66. The molecule has 0 unspecified atom stereocenters. The maximum atomic E-state index is 11.2. The van der Waals surface area contributed by atoms with E-state index in [0.717, 1.165) is 13.1 Å². The van der Waals surface area contributed by atoms with Gasteiger partial charge in [-0.25, -0.2) is 0 Å². The summed E-state index contributed by atoms with van der Waals surface area (Å²) in [7, 11) is 0. The lowest BCUT2D eigenvalue weighted by Crippen LogP contribution is -2.56. The Balaban J connectivity index is 1.87. The van der Waals surface area contributed by atoms with Gasteiger partial charge < -0.3 is 10.6 Å². The van der Waals surface area contributed by atoms with Crippen molar-refractivity contribution in [1.29, 1.82) is 0 Å². The fourth-order valence-corrected chi connectivity index (χ4v) is 2.22. The van der Waals surface area contributed by atoms with Crippen LogP contribution in [0.5, 0.6) is 0 Å². The van der Waals surface area contributed by atoms with Gasteiger partial charge in [0.2, 0.25) is 5.91 Å². The molecule has 0 aromatic heterocycles. The Morgan fingerprint density at radius 1 is 1.47 bits per heavy atom. The number of nitrogens with zero attached hydrogens (tertiary/aromatic N) is 1. The molecule has 7 heteroatoms. The first kappa shape index (κ1) is 13.8. The number of rotatable bonds is 5. The second-order valence-corrected chi connectivity index (χ2v) is 4.72. The molecule has 1 aliphatic heterocycles. The second-order valence-electron chi connectivity index (χ2n) is 4.32. The van der Waals surface area contributed by atoms with Crippen LogP contribution in [0.25, 0.3) is 0 Å². The molecule has 3 N–H and O–H groups in total. The average Bonchev–Trinajstić information content (AvgIpc) is 2.39. The number of anilines is 1. The Labute approximate surface area is 116 Å². The van der Waals surface area contributed by atoms with Gasteiger partial charge in [-0.3, -0.25) is 9.69 Å². The Bertz CT molecular complexity index is 481. The molecular weight excluding hydrogens is 268 g/mol. The molecule has 0 aliphatic carbocycles. The Kier molecular flexibility index (Phi) is 4.70. The monoisotopic (exact) mass is 283 g/mol. The fraction of sp³-hybridized carbons (Fsp3) is 0.417. The summed E-state index contributed by atoms with van der Waals surface area (Å²) in [4.78, 5) is 24.1. The molecule has 2 rings (SSSR count). The van der Waals surface area contributed by atoms with Crippen molar-refractivity contribution in [2.45, 2.75) is 0 Å². The smallest absolute Gasteiger partial charge is 0.294 e. The summed E-state index contributed by atoms with van der Waals surface area (Å²) in [5, 5.41) is 8.15. The number of nitroso groups, excluding NO2 is 1. The topological polar surface area (TPSA) is 75.4 Å². The van der Waals surface area contributed by atoms with E-state index in [1.807, 2.05) is 5.18 Å². The fourth-order valence-electron chi connectivity index (χ4n) is 2.01. The molecule has 0 bridgehead atoms. The number of hydrogen-bond donors (Lipinski definition) is 3. The highest BCUT2D eigenvalue weighted by atomic mass is 35.5. The van der Waals surface area contributed by atoms with Gasteiger partial charge in [0.15, 0.2) is 0 Å². The van der Waals surface area contributed by atoms with Crippen LogP contribution in [-0.4, -0.2) is 43.5 Å². The van der Waals surface area contributed by atoms with Crippen LogP contribution in [0.2, 0.25) is 5.02 Å². The highest BCUT2D eigenvalue weighted by Crippen LogP contribution is 2.25. The summed E-state index contributed by atoms with van der Waals surface area (Å²) in [6.07, 6.45) is 0. The number of nitrogens with one attached hydrogen (secondary N) is 3. The van der Waals surface area contributed by atoms with Crippen LogP contribution < -0.4 is 15.8 Å². The van der Waals surface area contributed by atoms with Crippen LogP contribution in [0.4, 0.5) is 11.4 Å². The zero-order valence-corrected chi connectivity index (χ0v) is 11.2. The summed E-state index contributed by atoms with van der Waals surface area (Å²) >= 11 is 5.91. The third-order valence-electron chi connectivity index (χ3n) is 2.98. The van der Waals surface area contributed by atoms with Gasteiger partial charge in [-0.2, -0.15) is 0 Å². The molecule has 0 radical (unpaired) electrons. The standard InChI is InChI=1S/C12H15ClN4O2/c13-9-2-1-3-10(12(9)16-19)14-4-6-17-7-5-15-11(18)8-17/h1-3,14H,4-8H2,(H,15,18)/p+1.